The first-order chi connectivity index (χ1) is 12.7. The van der Waals surface area contributed by atoms with Crippen LogP contribution in [0.4, 0.5) is 0 Å². The van der Waals surface area contributed by atoms with E-state index in [4.69, 9.17) is 4.52 Å². The number of H-pyrrole nitrogens is 1. The van der Waals surface area contributed by atoms with Gasteiger partial charge in [0, 0.05) is 36.7 Å². The largest absolute Gasteiger partial charge is 0.355 e. The van der Waals surface area contributed by atoms with Gasteiger partial charge in [-0.25, -0.2) is 4.98 Å². The number of aromatic nitrogens is 3. The maximum Gasteiger partial charge on any atom is 0.276 e. The maximum absolute atomic E-state index is 12.8. The van der Waals surface area contributed by atoms with Crippen LogP contribution in [0.15, 0.2) is 58.1 Å². The third-order valence-corrected chi connectivity index (χ3v) is 4.61. The molecule has 0 bridgehead atoms. The van der Waals surface area contributed by atoms with Crippen molar-refractivity contribution in [3.63, 3.8) is 0 Å². The number of hydrogen-bond acceptors (Lipinski definition) is 5. The van der Waals surface area contributed by atoms with E-state index in [-0.39, 0.29) is 17.4 Å². The Bertz CT molecular complexity index is 964. The van der Waals surface area contributed by atoms with Crippen LogP contribution in [0.2, 0.25) is 0 Å². The summed E-state index contributed by atoms with van der Waals surface area (Å²) < 4.78 is 5.33. The number of rotatable bonds is 3. The third kappa shape index (κ3) is 3.28. The smallest absolute Gasteiger partial charge is 0.276 e. The lowest BCUT2D eigenvalue weighted by atomic mass is 9.94. The van der Waals surface area contributed by atoms with Crippen LogP contribution in [0, 0.1) is 0 Å². The fraction of sp³-hybridized carbons (Fsp3) is 0.263. The Balaban J connectivity index is 1.51. The average molecular weight is 350 g/mol. The zero-order valence-electron chi connectivity index (χ0n) is 14.1. The zero-order chi connectivity index (χ0) is 17.9. The van der Waals surface area contributed by atoms with E-state index in [1.54, 1.807) is 11.0 Å². The van der Waals surface area contributed by atoms with E-state index in [2.05, 4.69) is 15.1 Å². The summed E-state index contributed by atoms with van der Waals surface area (Å²) in [5, 5.41) is 3.94. The highest BCUT2D eigenvalue weighted by molar-refractivity contribution is 5.93. The summed E-state index contributed by atoms with van der Waals surface area (Å²) in [6.07, 6.45) is 3.16. The van der Waals surface area contributed by atoms with Gasteiger partial charge in [0.2, 0.25) is 0 Å². The minimum absolute atomic E-state index is 0.0514. The molecule has 1 aliphatic rings. The lowest BCUT2D eigenvalue weighted by Crippen LogP contribution is -2.39. The molecule has 1 atom stereocenters. The molecule has 132 valence electrons. The number of nitrogens with zero attached hydrogens (tertiary/aromatic N) is 3. The van der Waals surface area contributed by atoms with Gasteiger partial charge in [-0.3, -0.25) is 9.59 Å². The van der Waals surface area contributed by atoms with E-state index >= 15 is 0 Å². The number of likely N-dealkylation sites (tertiary alicyclic amines) is 1. The molecule has 0 spiro atoms. The van der Waals surface area contributed by atoms with Gasteiger partial charge in [0.05, 0.1) is 12.0 Å². The predicted molar refractivity (Wildman–Crippen MR) is 94.7 cm³/mol. The summed E-state index contributed by atoms with van der Waals surface area (Å²) in [4.78, 5) is 32.8. The van der Waals surface area contributed by atoms with E-state index < -0.39 is 0 Å². The lowest BCUT2D eigenvalue weighted by Gasteiger charge is -2.31. The van der Waals surface area contributed by atoms with E-state index in [1.807, 2.05) is 30.3 Å². The van der Waals surface area contributed by atoms with Gasteiger partial charge in [-0.15, -0.1) is 0 Å². The van der Waals surface area contributed by atoms with E-state index in [0.29, 0.717) is 24.5 Å². The molecule has 26 heavy (non-hydrogen) atoms. The first-order valence-corrected chi connectivity index (χ1v) is 8.57. The van der Waals surface area contributed by atoms with Crippen molar-refractivity contribution in [3.05, 3.63) is 70.5 Å². The molecule has 1 fully saturated rings. The van der Waals surface area contributed by atoms with Gasteiger partial charge in [0.15, 0.2) is 11.5 Å². The second kappa shape index (κ2) is 6.95. The average Bonchev–Trinajstić information content (AvgIpc) is 3.18. The van der Waals surface area contributed by atoms with E-state index in [0.717, 1.165) is 24.1 Å². The first kappa shape index (κ1) is 16.3. The van der Waals surface area contributed by atoms with Crippen molar-refractivity contribution in [2.24, 2.45) is 0 Å². The highest BCUT2D eigenvalue weighted by Gasteiger charge is 2.28. The van der Waals surface area contributed by atoms with Crippen LogP contribution in [0.25, 0.3) is 11.3 Å². The summed E-state index contributed by atoms with van der Waals surface area (Å²) in [5.41, 5.74) is 1.71. The second-order valence-corrected chi connectivity index (χ2v) is 6.37. The monoisotopic (exact) mass is 350 g/mol. The molecule has 4 rings (SSSR count). The molecule has 1 N–H and O–H groups in total. The Labute approximate surface area is 149 Å². The number of carbonyl (C=O) groups excluding carboxylic acids is 1. The molecule has 1 aliphatic heterocycles. The van der Waals surface area contributed by atoms with Gasteiger partial charge in [-0.1, -0.05) is 35.5 Å². The number of nitrogens with one attached hydrogen (secondary N) is 1. The molecule has 1 aromatic carbocycles. The minimum atomic E-state index is -0.178. The molecule has 2 aromatic heterocycles. The molecule has 7 heteroatoms. The van der Waals surface area contributed by atoms with Crippen LogP contribution >= 0.6 is 0 Å². The molecular weight excluding hydrogens is 332 g/mol. The van der Waals surface area contributed by atoms with Crippen molar-refractivity contribution < 1.29 is 9.32 Å². The van der Waals surface area contributed by atoms with Crippen LogP contribution in [-0.2, 0) is 0 Å². The molecular formula is C19H18N4O3. The normalized spacial score (nSPS) is 17.2. The summed E-state index contributed by atoms with van der Waals surface area (Å²) in [5.74, 6) is 0.458. The Morgan fingerprint density at radius 3 is 2.88 bits per heavy atom. The molecule has 3 heterocycles. The number of amides is 1. The fourth-order valence-corrected chi connectivity index (χ4v) is 3.29. The number of aromatic amines is 1. The van der Waals surface area contributed by atoms with Crippen molar-refractivity contribution in [1.82, 2.24) is 20.0 Å². The summed E-state index contributed by atoms with van der Waals surface area (Å²) >= 11 is 0. The third-order valence-electron chi connectivity index (χ3n) is 4.61. The van der Waals surface area contributed by atoms with Crippen LogP contribution in [0.5, 0.6) is 0 Å². The molecule has 0 saturated carbocycles. The molecule has 1 saturated heterocycles. The van der Waals surface area contributed by atoms with E-state index in [1.165, 1.54) is 12.4 Å². The summed E-state index contributed by atoms with van der Waals surface area (Å²) in [6, 6.07) is 12.7. The molecule has 0 unspecified atom stereocenters. The second-order valence-electron chi connectivity index (χ2n) is 6.37. The highest BCUT2D eigenvalue weighted by Crippen LogP contribution is 2.26. The van der Waals surface area contributed by atoms with Crippen LogP contribution < -0.4 is 5.56 Å². The Morgan fingerprint density at radius 1 is 1.23 bits per heavy atom. The molecule has 3 aromatic rings. The Hall–Kier alpha value is -3.22. The van der Waals surface area contributed by atoms with Gasteiger partial charge in [-0.2, -0.15) is 0 Å². The lowest BCUT2D eigenvalue weighted by molar-refractivity contribution is 0.0695. The SMILES string of the molecule is O=C(c1cc(-c2ccccc2)on1)N1CCC[C@@H](c2cc(=O)[nH]cn2)C1. The van der Waals surface area contributed by atoms with Crippen LogP contribution in [-0.4, -0.2) is 39.0 Å². The summed E-state index contributed by atoms with van der Waals surface area (Å²) in [6.45, 7) is 1.18. The Morgan fingerprint density at radius 2 is 2.08 bits per heavy atom. The molecule has 7 nitrogen and oxygen atoms in total. The Kier molecular flexibility index (Phi) is 4.35. The number of hydrogen-bond donors (Lipinski definition) is 1. The number of benzene rings is 1. The predicted octanol–water partition coefficient (Wildman–Crippen LogP) is 2.44. The minimum Gasteiger partial charge on any atom is -0.355 e. The van der Waals surface area contributed by atoms with Gasteiger partial charge in [0.25, 0.3) is 11.5 Å². The van der Waals surface area contributed by atoms with Crippen molar-refractivity contribution in [1.29, 1.82) is 0 Å². The topological polar surface area (TPSA) is 92.1 Å². The van der Waals surface area contributed by atoms with Gasteiger partial charge in [-0.05, 0) is 12.8 Å². The molecule has 0 radical (unpaired) electrons. The highest BCUT2D eigenvalue weighted by atomic mass is 16.5. The molecule has 1 amide bonds. The maximum atomic E-state index is 12.8. The summed E-state index contributed by atoms with van der Waals surface area (Å²) in [7, 11) is 0. The van der Waals surface area contributed by atoms with Gasteiger partial charge >= 0.3 is 0 Å². The quantitative estimate of drug-likeness (QED) is 0.783. The van der Waals surface area contributed by atoms with Crippen molar-refractivity contribution in [2.75, 3.05) is 13.1 Å². The van der Waals surface area contributed by atoms with Crippen molar-refractivity contribution in [2.45, 2.75) is 18.8 Å². The van der Waals surface area contributed by atoms with E-state index in [9.17, 15) is 9.59 Å². The molecule has 0 aliphatic carbocycles. The van der Waals surface area contributed by atoms with Crippen molar-refractivity contribution >= 4 is 5.91 Å². The standard InChI is InChI=1S/C19H18N4O3/c24-18-10-15(20-12-21-18)14-7-4-8-23(11-14)19(25)16-9-17(26-22-16)13-5-2-1-3-6-13/h1-3,5-6,9-10,12,14H,4,7-8,11H2,(H,20,21,24)/t14-/m1/s1. The van der Waals surface area contributed by atoms with Crippen LogP contribution in [0.3, 0.4) is 0 Å². The number of carbonyl (C=O) groups is 1. The van der Waals surface area contributed by atoms with Crippen molar-refractivity contribution in [3.8, 4) is 11.3 Å². The van der Waals surface area contributed by atoms with Crippen LogP contribution in [0.1, 0.15) is 34.9 Å². The first-order valence-electron chi connectivity index (χ1n) is 8.57. The van der Waals surface area contributed by atoms with Gasteiger partial charge < -0.3 is 14.4 Å². The zero-order valence-corrected chi connectivity index (χ0v) is 14.1. The van der Waals surface area contributed by atoms with Gasteiger partial charge in [0.1, 0.15) is 0 Å². The fourth-order valence-electron chi connectivity index (χ4n) is 3.29. The number of piperidine rings is 1.